The quantitative estimate of drug-likeness (QED) is 0.307. The van der Waals surface area contributed by atoms with Crippen LogP contribution in [0.4, 0.5) is 16.2 Å². The Kier molecular flexibility index (Phi) is 8.45. The SMILES string of the molecule is CCOC(=O)c1ccc(NC(=O)C[C@@H]2C(=O)N(c3ccccc3)C(=O)N2Cc2ccc(OC)c(OC)c2)cc1. The van der Waals surface area contributed by atoms with E-state index in [1.165, 1.54) is 19.1 Å². The highest BCUT2D eigenvalue weighted by molar-refractivity contribution is 6.22. The molecule has 1 saturated heterocycles. The van der Waals surface area contributed by atoms with Gasteiger partial charge in [0.05, 0.1) is 38.5 Å². The van der Waals surface area contributed by atoms with Gasteiger partial charge in [0.25, 0.3) is 5.91 Å². The van der Waals surface area contributed by atoms with Crippen molar-refractivity contribution >= 4 is 35.2 Å². The molecule has 4 rings (SSSR count). The minimum atomic E-state index is -1.04. The molecule has 1 atom stereocenters. The number of rotatable bonds is 10. The lowest BCUT2D eigenvalue weighted by Crippen LogP contribution is -2.37. The molecule has 0 unspecified atom stereocenters. The van der Waals surface area contributed by atoms with Crippen LogP contribution in [0.15, 0.2) is 72.8 Å². The molecule has 10 nitrogen and oxygen atoms in total. The smallest absolute Gasteiger partial charge is 0.338 e. The van der Waals surface area contributed by atoms with E-state index in [9.17, 15) is 19.2 Å². The third kappa shape index (κ3) is 6.01. The topological polar surface area (TPSA) is 114 Å². The largest absolute Gasteiger partial charge is 0.493 e. The number of ether oxygens (including phenoxy) is 3. The van der Waals surface area contributed by atoms with Gasteiger partial charge in [0.2, 0.25) is 5.91 Å². The number of nitrogens with one attached hydrogen (secondary N) is 1. The van der Waals surface area contributed by atoms with Gasteiger partial charge in [-0.1, -0.05) is 24.3 Å². The van der Waals surface area contributed by atoms with E-state index in [-0.39, 0.29) is 19.6 Å². The van der Waals surface area contributed by atoms with E-state index in [0.29, 0.717) is 34.0 Å². The van der Waals surface area contributed by atoms with Crippen LogP contribution in [0.3, 0.4) is 0 Å². The van der Waals surface area contributed by atoms with Gasteiger partial charge in [-0.15, -0.1) is 0 Å². The second-order valence-electron chi connectivity index (χ2n) is 8.67. The summed E-state index contributed by atoms with van der Waals surface area (Å²) in [6, 6.07) is 18.4. The van der Waals surface area contributed by atoms with E-state index < -0.39 is 29.9 Å². The van der Waals surface area contributed by atoms with Crippen LogP contribution in [0.5, 0.6) is 11.5 Å². The third-order valence-corrected chi connectivity index (χ3v) is 6.19. The molecule has 0 spiro atoms. The maximum Gasteiger partial charge on any atom is 0.338 e. The highest BCUT2D eigenvalue weighted by Crippen LogP contribution is 2.32. The molecule has 10 heteroatoms. The maximum atomic E-state index is 13.5. The molecule has 3 aromatic rings. The van der Waals surface area contributed by atoms with Crippen molar-refractivity contribution in [3.63, 3.8) is 0 Å². The van der Waals surface area contributed by atoms with Crippen LogP contribution in [0, 0.1) is 0 Å². The van der Waals surface area contributed by atoms with Crippen LogP contribution in [0.1, 0.15) is 29.3 Å². The number of benzene rings is 3. The van der Waals surface area contributed by atoms with Gasteiger partial charge < -0.3 is 24.4 Å². The summed E-state index contributed by atoms with van der Waals surface area (Å²) in [6.45, 7) is 2.04. The number of carbonyl (C=O) groups is 4. The van der Waals surface area contributed by atoms with E-state index in [2.05, 4.69) is 5.32 Å². The minimum absolute atomic E-state index is 0.0699. The number of hydrogen-bond donors (Lipinski definition) is 1. The Morgan fingerprint density at radius 1 is 0.897 bits per heavy atom. The Morgan fingerprint density at radius 3 is 2.23 bits per heavy atom. The van der Waals surface area contributed by atoms with E-state index >= 15 is 0 Å². The molecule has 0 aromatic heterocycles. The van der Waals surface area contributed by atoms with Crippen LogP contribution in [-0.2, 0) is 20.9 Å². The van der Waals surface area contributed by atoms with Crippen molar-refractivity contribution in [3.8, 4) is 11.5 Å². The van der Waals surface area contributed by atoms with Gasteiger partial charge in [0.15, 0.2) is 11.5 Å². The summed E-state index contributed by atoms with van der Waals surface area (Å²) in [5.41, 5.74) is 1.91. The molecule has 0 aliphatic carbocycles. The second-order valence-corrected chi connectivity index (χ2v) is 8.67. The molecule has 39 heavy (non-hydrogen) atoms. The third-order valence-electron chi connectivity index (χ3n) is 6.19. The zero-order chi connectivity index (χ0) is 27.9. The number of amides is 4. The first-order valence-electron chi connectivity index (χ1n) is 12.3. The minimum Gasteiger partial charge on any atom is -0.493 e. The Morgan fingerprint density at radius 2 is 1.59 bits per heavy atom. The lowest BCUT2D eigenvalue weighted by atomic mass is 10.1. The van der Waals surface area contributed by atoms with Gasteiger partial charge in [-0.3, -0.25) is 9.59 Å². The van der Waals surface area contributed by atoms with Crippen LogP contribution >= 0.6 is 0 Å². The molecular formula is C29H29N3O7. The molecule has 0 bridgehead atoms. The molecule has 1 aliphatic rings. The summed E-state index contributed by atoms with van der Waals surface area (Å²) in [5, 5.41) is 2.74. The molecule has 1 N–H and O–H groups in total. The monoisotopic (exact) mass is 531 g/mol. The molecular weight excluding hydrogens is 502 g/mol. The zero-order valence-corrected chi connectivity index (χ0v) is 21.9. The van der Waals surface area contributed by atoms with E-state index in [0.717, 1.165) is 4.90 Å². The number of nitrogens with zero attached hydrogens (tertiary/aromatic N) is 2. The molecule has 4 amide bonds. The second kappa shape index (κ2) is 12.1. The fraction of sp³-hybridized carbons (Fsp3) is 0.241. The molecule has 1 fully saturated rings. The summed E-state index contributed by atoms with van der Waals surface area (Å²) in [7, 11) is 3.03. The number of anilines is 2. The maximum absolute atomic E-state index is 13.5. The average Bonchev–Trinajstić information content (AvgIpc) is 3.17. The Hall–Kier alpha value is -4.86. The molecule has 0 saturated carbocycles. The van der Waals surface area contributed by atoms with E-state index in [1.54, 1.807) is 79.7 Å². The Balaban J connectivity index is 1.56. The molecule has 3 aromatic carbocycles. The highest BCUT2D eigenvalue weighted by Gasteiger charge is 2.46. The van der Waals surface area contributed by atoms with Gasteiger partial charge >= 0.3 is 12.0 Å². The summed E-state index contributed by atoms with van der Waals surface area (Å²) in [4.78, 5) is 54.4. The molecule has 0 radical (unpaired) electrons. The predicted octanol–water partition coefficient (Wildman–Crippen LogP) is 4.25. The predicted molar refractivity (Wildman–Crippen MR) is 144 cm³/mol. The summed E-state index contributed by atoms with van der Waals surface area (Å²) < 4.78 is 15.6. The normalized spacial score (nSPS) is 14.8. The number of hydrogen-bond acceptors (Lipinski definition) is 7. The summed E-state index contributed by atoms with van der Waals surface area (Å²) in [5.74, 6) is -0.414. The Labute approximate surface area is 226 Å². The van der Waals surface area contributed by atoms with Gasteiger partial charge in [0.1, 0.15) is 6.04 Å². The van der Waals surface area contributed by atoms with Crippen molar-refractivity contribution in [2.75, 3.05) is 31.0 Å². The van der Waals surface area contributed by atoms with Crippen molar-refractivity contribution in [3.05, 3.63) is 83.9 Å². The Bertz CT molecular complexity index is 1360. The van der Waals surface area contributed by atoms with Crippen molar-refractivity contribution in [1.29, 1.82) is 0 Å². The van der Waals surface area contributed by atoms with Gasteiger partial charge in [-0.2, -0.15) is 0 Å². The molecule has 1 heterocycles. The van der Waals surface area contributed by atoms with Gasteiger partial charge in [0, 0.05) is 12.2 Å². The molecule has 1 aliphatic heterocycles. The van der Waals surface area contributed by atoms with Gasteiger partial charge in [-0.05, 0) is 61.0 Å². The van der Waals surface area contributed by atoms with Crippen molar-refractivity contribution in [2.45, 2.75) is 25.9 Å². The number of carbonyl (C=O) groups excluding carboxylic acids is 4. The number of urea groups is 1. The number of para-hydroxylation sites is 1. The van der Waals surface area contributed by atoms with Crippen LogP contribution in [-0.4, -0.2) is 55.6 Å². The van der Waals surface area contributed by atoms with Crippen molar-refractivity contribution in [1.82, 2.24) is 4.90 Å². The van der Waals surface area contributed by atoms with Crippen LogP contribution in [0.25, 0.3) is 0 Å². The highest BCUT2D eigenvalue weighted by atomic mass is 16.5. The lowest BCUT2D eigenvalue weighted by molar-refractivity contribution is -0.124. The first kappa shape index (κ1) is 27.2. The zero-order valence-electron chi connectivity index (χ0n) is 21.9. The van der Waals surface area contributed by atoms with Gasteiger partial charge in [-0.25, -0.2) is 14.5 Å². The number of esters is 1. The first-order chi connectivity index (χ1) is 18.9. The summed E-state index contributed by atoms with van der Waals surface area (Å²) >= 11 is 0. The average molecular weight is 532 g/mol. The van der Waals surface area contributed by atoms with E-state index in [4.69, 9.17) is 14.2 Å². The van der Waals surface area contributed by atoms with Crippen LogP contribution < -0.4 is 19.7 Å². The fourth-order valence-corrected chi connectivity index (χ4v) is 4.30. The summed E-state index contributed by atoms with van der Waals surface area (Å²) in [6.07, 6.45) is -0.263. The van der Waals surface area contributed by atoms with Crippen LogP contribution in [0.2, 0.25) is 0 Å². The fourth-order valence-electron chi connectivity index (χ4n) is 4.30. The first-order valence-corrected chi connectivity index (χ1v) is 12.3. The van der Waals surface area contributed by atoms with Crippen molar-refractivity contribution in [2.24, 2.45) is 0 Å². The molecule has 202 valence electrons. The van der Waals surface area contributed by atoms with Crippen molar-refractivity contribution < 1.29 is 33.4 Å². The standard InChI is InChI=1S/C29H29N3O7/c1-4-39-28(35)20-11-13-21(14-12-20)30-26(33)17-23-27(34)32(22-8-6-5-7-9-22)29(36)31(23)18-19-10-15-24(37-2)25(16-19)38-3/h5-16,23H,4,17-18H2,1-3H3,(H,30,33)/t23-/m1/s1. The number of imide groups is 1. The van der Waals surface area contributed by atoms with E-state index in [1.807, 2.05) is 0 Å². The lowest BCUT2D eigenvalue weighted by Gasteiger charge is -2.22. The number of methoxy groups -OCH3 is 2.